The number of urea groups is 1. The van der Waals surface area contributed by atoms with E-state index in [0.717, 1.165) is 41.8 Å². The summed E-state index contributed by atoms with van der Waals surface area (Å²) < 4.78 is 7.62. The van der Waals surface area contributed by atoms with Crippen molar-refractivity contribution in [2.24, 2.45) is 13.0 Å². The Morgan fingerprint density at radius 3 is 2.76 bits per heavy atom. The molecule has 1 aromatic carbocycles. The number of anilines is 1. The van der Waals surface area contributed by atoms with Crippen LogP contribution >= 0.6 is 0 Å². The Balaban J connectivity index is 1.43. The topological polar surface area (TPSA) is 97.5 Å². The highest BCUT2D eigenvalue weighted by Crippen LogP contribution is 2.41. The predicted molar refractivity (Wildman–Crippen MR) is 154 cm³/mol. The van der Waals surface area contributed by atoms with Gasteiger partial charge in [-0.2, -0.15) is 0 Å². The van der Waals surface area contributed by atoms with Gasteiger partial charge in [0.15, 0.2) is 12.4 Å². The Morgan fingerprint density at radius 1 is 1.22 bits per heavy atom. The minimum Gasteiger partial charge on any atom is -0.493 e. The molecule has 3 aliphatic rings. The Hall–Kier alpha value is -3.66. The summed E-state index contributed by atoms with van der Waals surface area (Å²) in [5.41, 5.74) is 2.91. The number of unbranched alkanes of at least 4 members (excludes halogenated alkanes) is 1. The number of amides is 3. The van der Waals surface area contributed by atoms with E-state index >= 15 is 0 Å². The molecule has 0 aliphatic carbocycles. The van der Waals surface area contributed by atoms with Crippen LogP contribution in [0, 0.1) is 5.92 Å². The third-order valence-corrected chi connectivity index (χ3v) is 8.78. The fourth-order valence-electron chi connectivity index (χ4n) is 6.53. The number of carboxylic acid groups (broad SMARTS) is 1. The third kappa shape index (κ3) is 6.17. The first kappa shape index (κ1) is 28.9. The summed E-state index contributed by atoms with van der Waals surface area (Å²) in [4.78, 5) is 46.8. The molecule has 41 heavy (non-hydrogen) atoms. The van der Waals surface area contributed by atoms with Gasteiger partial charge in [0.2, 0.25) is 5.91 Å². The minimum atomic E-state index is -0.866. The molecule has 3 atom stereocenters. The number of carbonyl (C=O) groups is 3. The number of pyridine rings is 1. The van der Waals surface area contributed by atoms with Crippen LogP contribution in [0.2, 0.25) is 0 Å². The number of nitrogens with zero attached hydrogens (tertiary/aromatic N) is 5. The molecule has 1 N–H and O–H groups in total. The number of carboxylic acids is 1. The number of ether oxygens (including phenoxy) is 1. The number of hydrogen-bond acceptors (Lipinski definition) is 5. The van der Waals surface area contributed by atoms with Crippen LogP contribution in [0.1, 0.15) is 43.2 Å². The molecular weight excluding hydrogens is 522 g/mol. The van der Waals surface area contributed by atoms with Crippen molar-refractivity contribution in [1.82, 2.24) is 14.7 Å². The number of aliphatic carboxylic acids is 1. The Kier molecular flexibility index (Phi) is 8.77. The number of aryl methyl sites for hydroxylation is 1. The molecule has 3 aliphatic heterocycles. The first-order valence-corrected chi connectivity index (χ1v) is 14.7. The van der Waals surface area contributed by atoms with Crippen molar-refractivity contribution in [2.45, 2.75) is 44.6 Å². The van der Waals surface area contributed by atoms with Gasteiger partial charge in [-0.25, -0.2) is 9.36 Å². The van der Waals surface area contributed by atoms with Crippen molar-refractivity contribution >= 4 is 23.6 Å². The van der Waals surface area contributed by atoms with Crippen LogP contribution in [0.15, 0.2) is 42.7 Å². The molecule has 2 fully saturated rings. The molecule has 2 aromatic rings. The van der Waals surface area contributed by atoms with E-state index in [2.05, 4.69) is 17.9 Å². The largest absolute Gasteiger partial charge is 0.493 e. The zero-order valence-electron chi connectivity index (χ0n) is 24.4. The van der Waals surface area contributed by atoms with Gasteiger partial charge < -0.3 is 24.5 Å². The lowest BCUT2D eigenvalue weighted by Gasteiger charge is -2.30. The molecule has 2 saturated heterocycles. The van der Waals surface area contributed by atoms with Crippen LogP contribution in [-0.4, -0.2) is 96.7 Å². The molecule has 0 radical (unpaired) electrons. The van der Waals surface area contributed by atoms with Crippen LogP contribution in [0.3, 0.4) is 0 Å². The molecule has 1 aromatic heterocycles. The van der Waals surface area contributed by atoms with E-state index in [1.54, 1.807) is 16.8 Å². The quantitative estimate of drug-likeness (QED) is 0.422. The van der Waals surface area contributed by atoms with E-state index in [1.165, 1.54) is 0 Å². The van der Waals surface area contributed by atoms with Crippen LogP contribution in [0.5, 0.6) is 5.75 Å². The number of rotatable bonds is 11. The fourth-order valence-corrected chi connectivity index (χ4v) is 6.53. The van der Waals surface area contributed by atoms with E-state index in [0.29, 0.717) is 45.8 Å². The summed E-state index contributed by atoms with van der Waals surface area (Å²) in [5, 5.41) is 10.5. The number of fused-ring (bicyclic) bond motifs is 1. The summed E-state index contributed by atoms with van der Waals surface area (Å²) in [6, 6.07) is 9.46. The summed E-state index contributed by atoms with van der Waals surface area (Å²) in [7, 11) is 3.72. The van der Waals surface area contributed by atoms with Crippen molar-refractivity contribution in [3.63, 3.8) is 0 Å². The molecule has 1 unspecified atom stereocenters. The molecule has 5 rings (SSSR count). The molecule has 220 valence electrons. The number of hydrogen-bond donors (Lipinski definition) is 1. The first-order valence-electron chi connectivity index (χ1n) is 14.7. The van der Waals surface area contributed by atoms with Gasteiger partial charge in [-0.15, -0.1) is 0 Å². The highest BCUT2D eigenvalue weighted by atomic mass is 16.5. The van der Waals surface area contributed by atoms with Gasteiger partial charge in [0.1, 0.15) is 18.5 Å². The maximum absolute atomic E-state index is 13.9. The second kappa shape index (κ2) is 12.5. The van der Waals surface area contributed by atoms with Crippen LogP contribution in [0.25, 0.3) is 0 Å². The summed E-state index contributed by atoms with van der Waals surface area (Å²) >= 11 is 0. The van der Waals surface area contributed by atoms with Crippen molar-refractivity contribution in [3.8, 4) is 5.75 Å². The van der Waals surface area contributed by atoms with Crippen molar-refractivity contribution in [1.29, 1.82) is 0 Å². The van der Waals surface area contributed by atoms with Crippen molar-refractivity contribution < 1.29 is 28.8 Å². The summed E-state index contributed by atoms with van der Waals surface area (Å²) in [6.07, 6.45) is 7.01. The number of carbonyl (C=O) groups excluding carboxylic acids is 2. The highest BCUT2D eigenvalue weighted by Gasteiger charge is 2.47. The smallest absolute Gasteiger partial charge is 0.319 e. The fraction of sp³-hybridized carbons (Fsp3) is 0.548. The molecule has 10 heteroatoms. The standard InChI is InChI=1S/C31H41N5O5/c1-4-5-13-36(24-7-6-12-32(2)19-24)28(37)21-35-20-25(22-8-9-27-23(18-22)11-17-41-27)29(30(38)39)26(35)10-14-34-16-15-33(3)31(34)40/h6-9,12,18-19,25-26,29H,4-5,10-11,13-17,20-21H2,1-3H3/p+1/t25-,26+,29?/m1/s1. The van der Waals surface area contributed by atoms with Gasteiger partial charge in [-0.05, 0) is 36.1 Å². The van der Waals surface area contributed by atoms with Crippen LogP contribution in [0.4, 0.5) is 10.5 Å². The summed E-state index contributed by atoms with van der Waals surface area (Å²) in [5.74, 6) is -1.02. The monoisotopic (exact) mass is 564 g/mol. The molecule has 0 spiro atoms. The maximum Gasteiger partial charge on any atom is 0.319 e. The molecule has 0 saturated carbocycles. The van der Waals surface area contributed by atoms with E-state index in [4.69, 9.17) is 4.74 Å². The van der Waals surface area contributed by atoms with Crippen LogP contribution in [-0.2, 0) is 23.1 Å². The normalized spacial score (nSPS) is 22.2. The molecule has 3 amide bonds. The maximum atomic E-state index is 13.9. The summed E-state index contributed by atoms with van der Waals surface area (Å²) in [6.45, 7) is 5.67. The van der Waals surface area contributed by atoms with Gasteiger partial charge in [0, 0.05) is 64.2 Å². The van der Waals surface area contributed by atoms with Crippen LogP contribution < -0.4 is 14.2 Å². The number of benzene rings is 1. The van der Waals surface area contributed by atoms with Gasteiger partial charge >= 0.3 is 12.0 Å². The minimum absolute atomic E-state index is 0.0321. The number of aromatic nitrogens is 1. The van der Waals surface area contributed by atoms with E-state index in [9.17, 15) is 19.5 Å². The molecule has 10 nitrogen and oxygen atoms in total. The van der Waals surface area contributed by atoms with Gasteiger partial charge in [-0.1, -0.05) is 25.5 Å². The molecule has 0 bridgehead atoms. The van der Waals surface area contributed by atoms with Gasteiger partial charge in [-0.3, -0.25) is 14.5 Å². The molecular formula is C31H42N5O5+. The van der Waals surface area contributed by atoms with E-state index in [1.807, 2.05) is 53.2 Å². The van der Waals surface area contributed by atoms with E-state index in [-0.39, 0.29) is 30.4 Å². The SMILES string of the molecule is CCCCN(C(=O)CN1C[C@H](c2ccc3c(c2)CCO3)C(C(=O)O)[C@@H]1CCN1CCN(C)C1=O)c1ccc[n+](C)c1. The van der Waals surface area contributed by atoms with E-state index < -0.39 is 11.9 Å². The number of likely N-dealkylation sites (N-methyl/N-ethyl adjacent to an activating group) is 1. The highest BCUT2D eigenvalue weighted by molar-refractivity contribution is 5.94. The third-order valence-electron chi connectivity index (χ3n) is 8.78. The average Bonchev–Trinajstić information content (AvgIpc) is 3.65. The average molecular weight is 565 g/mol. The zero-order chi connectivity index (χ0) is 29.1. The Morgan fingerprint density at radius 2 is 2.05 bits per heavy atom. The lowest BCUT2D eigenvalue weighted by atomic mass is 9.83. The van der Waals surface area contributed by atoms with Gasteiger partial charge in [0.05, 0.1) is 19.1 Å². The second-order valence-corrected chi connectivity index (χ2v) is 11.5. The second-order valence-electron chi connectivity index (χ2n) is 11.5. The zero-order valence-corrected chi connectivity index (χ0v) is 24.4. The van der Waals surface area contributed by atoms with Gasteiger partial charge in [0.25, 0.3) is 0 Å². The van der Waals surface area contributed by atoms with Crippen molar-refractivity contribution in [3.05, 3.63) is 53.9 Å². The Bertz CT molecular complexity index is 1290. The predicted octanol–water partition coefficient (Wildman–Crippen LogP) is 2.51. The lowest BCUT2D eigenvalue weighted by Crippen LogP contribution is -2.46. The lowest BCUT2D eigenvalue weighted by molar-refractivity contribution is -0.670. The Labute approximate surface area is 242 Å². The first-order chi connectivity index (χ1) is 19.8. The van der Waals surface area contributed by atoms with Crippen molar-refractivity contribution in [2.75, 3.05) is 57.8 Å². The number of likely N-dealkylation sites (tertiary alicyclic amines) is 1. The molecule has 4 heterocycles.